The number of nitrogens with zero attached hydrogens (tertiary/aromatic N) is 4. The Morgan fingerprint density at radius 1 is 1.31 bits per heavy atom. The van der Waals surface area contributed by atoms with Crippen molar-refractivity contribution in [2.24, 2.45) is 7.05 Å². The molecule has 7 nitrogen and oxygen atoms in total. The zero-order chi connectivity index (χ0) is 20.6. The smallest absolute Gasteiger partial charge is 0.247 e. The number of hydrogen-bond donors (Lipinski definition) is 0. The summed E-state index contributed by atoms with van der Waals surface area (Å²) in [4.78, 5) is 4.56. The largest absolute Gasteiger partial charge is 0.444 e. The lowest BCUT2D eigenvalue weighted by Gasteiger charge is -2.32. The van der Waals surface area contributed by atoms with Crippen LogP contribution in [0.15, 0.2) is 46.0 Å². The van der Waals surface area contributed by atoms with Gasteiger partial charge in [0.1, 0.15) is 22.5 Å². The van der Waals surface area contributed by atoms with E-state index in [1.54, 1.807) is 26.2 Å². The normalized spacial score (nSPS) is 18.2. The van der Waals surface area contributed by atoms with Crippen molar-refractivity contribution in [2.45, 2.75) is 43.5 Å². The highest BCUT2D eigenvalue weighted by Crippen LogP contribution is 2.36. The zero-order valence-corrected chi connectivity index (χ0v) is 17.2. The Bertz CT molecular complexity index is 1120. The molecule has 1 saturated heterocycles. The van der Waals surface area contributed by atoms with Crippen molar-refractivity contribution in [1.82, 2.24) is 19.1 Å². The van der Waals surface area contributed by atoms with Gasteiger partial charge >= 0.3 is 0 Å². The van der Waals surface area contributed by atoms with Gasteiger partial charge in [0.2, 0.25) is 15.9 Å². The maximum atomic E-state index is 13.4. The van der Waals surface area contributed by atoms with Gasteiger partial charge in [0, 0.05) is 26.2 Å². The van der Waals surface area contributed by atoms with E-state index in [1.165, 1.54) is 27.3 Å². The van der Waals surface area contributed by atoms with Crippen LogP contribution in [-0.2, 0) is 23.5 Å². The van der Waals surface area contributed by atoms with Crippen molar-refractivity contribution in [1.29, 1.82) is 0 Å². The summed E-state index contributed by atoms with van der Waals surface area (Å²) in [5, 5.41) is 4.17. The van der Waals surface area contributed by atoms with E-state index in [-0.39, 0.29) is 10.7 Å². The highest BCUT2D eigenvalue weighted by atomic mass is 32.2. The zero-order valence-electron chi connectivity index (χ0n) is 16.4. The van der Waals surface area contributed by atoms with Crippen LogP contribution in [0.25, 0.3) is 0 Å². The van der Waals surface area contributed by atoms with Crippen LogP contribution in [0.1, 0.15) is 48.2 Å². The summed E-state index contributed by atoms with van der Waals surface area (Å²) in [6, 6.07) is 5.83. The molecule has 0 aliphatic carbocycles. The van der Waals surface area contributed by atoms with Gasteiger partial charge in [0.15, 0.2) is 0 Å². The van der Waals surface area contributed by atoms with Crippen LogP contribution in [-0.4, -0.2) is 34.0 Å². The van der Waals surface area contributed by atoms with E-state index in [0.717, 1.165) is 18.4 Å². The van der Waals surface area contributed by atoms with Crippen molar-refractivity contribution in [3.63, 3.8) is 0 Å². The fourth-order valence-electron chi connectivity index (χ4n) is 3.80. The molecular weight excluding hydrogens is 395 g/mol. The summed E-state index contributed by atoms with van der Waals surface area (Å²) in [5.41, 5.74) is 1.24. The van der Waals surface area contributed by atoms with E-state index in [2.05, 4.69) is 10.1 Å². The quantitative estimate of drug-likeness (QED) is 0.635. The first-order valence-electron chi connectivity index (χ1n) is 9.56. The first-order chi connectivity index (χ1) is 13.8. The molecule has 4 rings (SSSR count). The number of aromatic nitrogens is 3. The Labute approximate surface area is 169 Å². The Morgan fingerprint density at radius 2 is 2.14 bits per heavy atom. The summed E-state index contributed by atoms with van der Waals surface area (Å²) in [6.07, 6.45) is 5.83. The SMILES string of the molecule is Cc1nn(C)cc1S(=O)(=O)N1CCCC[C@H]1c1ncc(Cc2cccc(F)c2)o1. The predicted octanol–water partition coefficient (Wildman–Crippen LogP) is 3.36. The van der Waals surface area contributed by atoms with Crippen LogP contribution in [0.5, 0.6) is 0 Å². The molecule has 1 aromatic carbocycles. The van der Waals surface area contributed by atoms with Crippen LogP contribution < -0.4 is 0 Å². The maximum Gasteiger partial charge on any atom is 0.247 e. The molecule has 0 radical (unpaired) electrons. The van der Waals surface area contributed by atoms with Gasteiger partial charge in [-0.1, -0.05) is 18.6 Å². The molecular formula is C20H23FN4O3S. The van der Waals surface area contributed by atoms with Crippen molar-refractivity contribution < 1.29 is 17.2 Å². The molecule has 0 N–H and O–H groups in total. The number of benzene rings is 1. The number of oxazole rings is 1. The Morgan fingerprint density at radius 3 is 2.86 bits per heavy atom. The van der Waals surface area contributed by atoms with Gasteiger partial charge in [-0.05, 0) is 37.5 Å². The lowest BCUT2D eigenvalue weighted by molar-refractivity contribution is 0.216. The van der Waals surface area contributed by atoms with E-state index in [0.29, 0.717) is 36.7 Å². The third-order valence-electron chi connectivity index (χ3n) is 5.13. The van der Waals surface area contributed by atoms with Crippen molar-refractivity contribution >= 4 is 10.0 Å². The molecule has 154 valence electrons. The molecule has 1 aliphatic heterocycles. The second kappa shape index (κ2) is 7.72. The Kier molecular flexibility index (Phi) is 5.26. The number of sulfonamides is 1. The molecule has 2 aromatic heterocycles. The second-order valence-electron chi connectivity index (χ2n) is 7.35. The van der Waals surface area contributed by atoms with Gasteiger partial charge in [-0.15, -0.1) is 0 Å². The average molecular weight is 418 g/mol. The van der Waals surface area contributed by atoms with Crippen LogP contribution in [0.2, 0.25) is 0 Å². The summed E-state index contributed by atoms with van der Waals surface area (Å²) in [7, 11) is -2.02. The van der Waals surface area contributed by atoms with Gasteiger partial charge in [-0.25, -0.2) is 17.8 Å². The minimum Gasteiger partial charge on any atom is -0.444 e. The van der Waals surface area contributed by atoms with Crippen LogP contribution in [0.3, 0.4) is 0 Å². The lowest BCUT2D eigenvalue weighted by Crippen LogP contribution is -2.38. The van der Waals surface area contributed by atoms with Gasteiger partial charge in [-0.3, -0.25) is 4.68 Å². The molecule has 0 bridgehead atoms. The van der Waals surface area contributed by atoms with E-state index in [9.17, 15) is 12.8 Å². The molecule has 3 aromatic rings. The summed E-state index contributed by atoms with van der Waals surface area (Å²) < 4.78 is 48.9. The standard InChI is InChI=1S/C20H23FN4O3S/c1-14-19(13-24(2)23-14)29(26,27)25-9-4-3-8-18(25)20-22-12-17(28-20)11-15-6-5-7-16(21)10-15/h5-7,10,12-13,18H,3-4,8-9,11H2,1-2H3/t18-/m0/s1. The number of halogens is 1. The first-order valence-corrected chi connectivity index (χ1v) is 11.0. The molecule has 0 spiro atoms. The van der Waals surface area contributed by atoms with Gasteiger partial charge in [0.05, 0.1) is 11.9 Å². The van der Waals surface area contributed by atoms with Crippen molar-refractivity contribution in [3.8, 4) is 0 Å². The van der Waals surface area contributed by atoms with E-state index in [1.807, 2.05) is 6.07 Å². The summed E-state index contributed by atoms with van der Waals surface area (Å²) in [5.74, 6) is 0.644. The predicted molar refractivity (Wildman–Crippen MR) is 104 cm³/mol. The minimum atomic E-state index is -3.72. The Balaban J connectivity index is 1.61. The molecule has 0 saturated carbocycles. The van der Waals surface area contributed by atoms with Crippen LogP contribution in [0, 0.1) is 12.7 Å². The fourth-order valence-corrected chi connectivity index (χ4v) is 5.66. The maximum absolute atomic E-state index is 13.4. The fraction of sp³-hybridized carbons (Fsp3) is 0.400. The number of hydrogen-bond acceptors (Lipinski definition) is 5. The monoisotopic (exact) mass is 418 g/mol. The van der Waals surface area contributed by atoms with E-state index < -0.39 is 16.1 Å². The van der Waals surface area contributed by atoms with Crippen LogP contribution in [0.4, 0.5) is 4.39 Å². The van der Waals surface area contributed by atoms with Crippen LogP contribution >= 0.6 is 0 Å². The number of aryl methyl sites for hydroxylation is 2. The molecule has 1 fully saturated rings. The molecule has 3 heterocycles. The number of piperidine rings is 1. The molecule has 29 heavy (non-hydrogen) atoms. The highest BCUT2D eigenvalue weighted by Gasteiger charge is 2.38. The topological polar surface area (TPSA) is 81.2 Å². The minimum absolute atomic E-state index is 0.207. The molecule has 9 heteroatoms. The van der Waals surface area contributed by atoms with Gasteiger partial charge < -0.3 is 4.42 Å². The highest BCUT2D eigenvalue weighted by molar-refractivity contribution is 7.89. The summed E-state index contributed by atoms with van der Waals surface area (Å²) >= 11 is 0. The van der Waals surface area contributed by atoms with Gasteiger partial charge in [0.25, 0.3) is 0 Å². The Hall–Kier alpha value is -2.52. The summed E-state index contributed by atoms with van der Waals surface area (Å²) in [6.45, 7) is 2.09. The third kappa shape index (κ3) is 3.97. The average Bonchev–Trinajstić information content (AvgIpc) is 3.28. The lowest BCUT2D eigenvalue weighted by atomic mass is 10.1. The van der Waals surface area contributed by atoms with E-state index in [4.69, 9.17) is 4.42 Å². The van der Waals surface area contributed by atoms with Crippen molar-refractivity contribution in [2.75, 3.05) is 6.54 Å². The van der Waals surface area contributed by atoms with E-state index >= 15 is 0 Å². The number of rotatable bonds is 5. The third-order valence-corrected chi connectivity index (χ3v) is 7.14. The van der Waals surface area contributed by atoms with Gasteiger partial charge in [-0.2, -0.15) is 9.40 Å². The first kappa shape index (κ1) is 19.8. The molecule has 0 unspecified atom stereocenters. The van der Waals surface area contributed by atoms with Crippen molar-refractivity contribution in [3.05, 3.63) is 65.4 Å². The molecule has 1 atom stereocenters. The molecule has 1 aliphatic rings. The molecule has 0 amide bonds. The second-order valence-corrected chi connectivity index (χ2v) is 9.21.